The number of aromatic nitrogens is 3. The van der Waals surface area contributed by atoms with Gasteiger partial charge < -0.3 is 14.2 Å². The Morgan fingerprint density at radius 3 is 2.60 bits per heavy atom. The Labute approximate surface area is 143 Å². The van der Waals surface area contributed by atoms with Crippen molar-refractivity contribution >= 4 is 23.5 Å². The molecule has 0 spiro atoms. The van der Waals surface area contributed by atoms with E-state index in [-0.39, 0.29) is 18.2 Å². The Bertz CT molecular complexity index is 823. The Hall–Kier alpha value is -2.58. The fraction of sp³-hybridized carbons (Fsp3) is 0.625. The molecule has 0 atom stereocenters. The molecule has 2 bridgehead atoms. The highest BCUT2D eigenvalue weighted by atomic mass is 16.6. The van der Waals surface area contributed by atoms with E-state index in [2.05, 4.69) is 20.2 Å². The fourth-order valence-electron chi connectivity index (χ4n) is 3.81. The quantitative estimate of drug-likeness (QED) is 0.904. The molecule has 3 fully saturated rings. The number of hydrogen-bond acceptors (Lipinski definition) is 7. The highest BCUT2D eigenvalue weighted by Gasteiger charge is 2.30. The largest absolute Gasteiger partial charge is 0.461 e. The number of fused-ring (bicyclic) bond motifs is 5. The fourth-order valence-corrected chi connectivity index (χ4v) is 3.81. The van der Waals surface area contributed by atoms with Crippen LogP contribution in [0.4, 0.5) is 16.4 Å². The zero-order valence-corrected chi connectivity index (χ0v) is 14.1. The molecule has 0 unspecified atom stereocenters. The summed E-state index contributed by atoms with van der Waals surface area (Å²) in [4.78, 5) is 33.8. The number of hydrogen-bond donors (Lipinski definition) is 1. The summed E-state index contributed by atoms with van der Waals surface area (Å²) in [5.74, 6) is 1.68. The van der Waals surface area contributed by atoms with Crippen LogP contribution in [0, 0.1) is 11.8 Å². The molecule has 0 aromatic carbocycles. The Morgan fingerprint density at radius 2 is 1.96 bits per heavy atom. The molecular weight excluding hydrogens is 326 g/mol. The summed E-state index contributed by atoms with van der Waals surface area (Å²) in [7, 11) is 0. The minimum absolute atomic E-state index is 0.130. The van der Waals surface area contributed by atoms with Gasteiger partial charge in [-0.3, -0.25) is 5.32 Å². The maximum absolute atomic E-state index is 11.8. The molecule has 9 heteroatoms. The van der Waals surface area contributed by atoms with Crippen molar-refractivity contribution in [2.45, 2.75) is 32.6 Å². The predicted octanol–water partition coefficient (Wildman–Crippen LogP) is 1.88. The molecule has 2 saturated heterocycles. The second-order valence-electron chi connectivity index (χ2n) is 6.70. The van der Waals surface area contributed by atoms with Crippen LogP contribution < -0.4 is 16.0 Å². The summed E-state index contributed by atoms with van der Waals surface area (Å²) in [6.07, 6.45) is 4.39. The second-order valence-corrected chi connectivity index (χ2v) is 6.70. The first kappa shape index (κ1) is 15.9. The van der Waals surface area contributed by atoms with Gasteiger partial charge in [0, 0.05) is 19.2 Å². The lowest BCUT2D eigenvalue weighted by Gasteiger charge is -2.24. The topological polar surface area (TPSA) is 102 Å². The standard InChI is InChI=1S/C16H21N5O4/c1-2-24-15(22)18-13-7-12(17-14-19-16(23)25-21(13)14)20-8-10-3-4-11(9-20)6-5-10/h7,10-11H,2-6,8-9H2,1H3,(H,18,22). The Morgan fingerprint density at radius 1 is 1.28 bits per heavy atom. The molecule has 1 saturated carbocycles. The summed E-state index contributed by atoms with van der Waals surface area (Å²) >= 11 is 0. The van der Waals surface area contributed by atoms with Gasteiger partial charge in [-0.15, -0.1) is 9.56 Å². The number of nitrogens with zero attached hydrogens (tertiary/aromatic N) is 4. The third kappa shape index (κ3) is 3.18. The van der Waals surface area contributed by atoms with Crippen LogP contribution in [0.1, 0.15) is 32.6 Å². The number of ether oxygens (including phenoxy) is 1. The monoisotopic (exact) mass is 347 g/mol. The van der Waals surface area contributed by atoms with E-state index in [1.54, 1.807) is 13.0 Å². The van der Waals surface area contributed by atoms with E-state index in [1.165, 1.54) is 25.7 Å². The first-order valence-electron chi connectivity index (χ1n) is 8.72. The number of anilines is 2. The molecular formula is C16H21N5O4. The van der Waals surface area contributed by atoms with Gasteiger partial charge >= 0.3 is 11.8 Å². The predicted molar refractivity (Wildman–Crippen MR) is 89.8 cm³/mol. The minimum atomic E-state index is -0.757. The van der Waals surface area contributed by atoms with Gasteiger partial charge in [0.05, 0.1) is 6.61 Å². The number of amides is 1. The molecule has 2 aliphatic heterocycles. The molecule has 25 heavy (non-hydrogen) atoms. The van der Waals surface area contributed by atoms with E-state index in [1.807, 2.05) is 0 Å². The molecule has 0 radical (unpaired) electrons. The Kier molecular flexibility index (Phi) is 4.06. The highest BCUT2D eigenvalue weighted by Crippen LogP contribution is 2.35. The van der Waals surface area contributed by atoms with Gasteiger partial charge in [0.2, 0.25) is 0 Å². The van der Waals surface area contributed by atoms with Crippen LogP contribution in [0.25, 0.3) is 5.78 Å². The third-order valence-corrected chi connectivity index (χ3v) is 4.99. The van der Waals surface area contributed by atoms with Crippen LogP contribution in [0.3, 0.4) is 0 Å². The summed E-state index contributed by atoms with van der Waals surface area (Å²) < 4.78 is 11.0. The van der Waals surface area contributed by atoms with E-state index < -0.39 is 11.8 Å². The first-order chi connectivity index (χ1) is 12.1. The molecule has 3 aliphatic rings. The SMILES string of the molecule is CCOC(=O)Nc1cc(N2CC3CCC(CC3)C2)nc2nc(=O)on12. The molecule has 5 rings (SSSR count). The smallest absolute Gasteiger partial charge is 0.450 e. The lowest BCUT2D eigenvalue weighted by molar-refractivity contribution is 0.167. The van der Waals surface area contributed by atoms with Crippen molar-refractivity contribution in [3.8, 4) is 0 Å². The molecule has 1 amide bonds. The summed E-state index contributed by atoms with van der Waals surface area (Å²) in [6, 6.07) is 1.71. The highest BCUT2D eigenvalue weighted by molar-refractivity contribution is 5.84. The Balaban J connectivity index is 1.71. The van der Waals surface area contributed by atoms with Crippen molar-refractivity contribution in [2.75, 3.05) is 29.9 Å². The second kappa shape index (κ2) is 6.38. The average molecular weight is 347 g/mol. The van der Waals surface area contributed by atoms with Gasteiger partial charge in [-0.25, -0.2) is 9.59 Å². The molecule has 134 valence electrons. The van der Waals surface area contributed by atoms with Crippen LogP contribution in [-0.2, 0) is 4.74 Å². The zero-order chi connectivity index (χ0) is 17.4. The summed E-state index contributed by atoms with van der Waals surface area (Å²) in [5, 5.41) is 2.59. The number of carbonyl (C=O) groups is 1. The maximum Gasteiger partial charge on any atom is 0.461 e. The summed E-state index contributed by atoms with van der Waals surface area (Å²) in [5.41, 5.74) is 0. The van der Waals surface area contributed by atoms with Crippen molar-refractivity contribution in [2.24, 2.45) is 11.8 Å². The van der Waals surface area contributed by atoms with Crippen molar-refractivity contribution in [3.63, 3.8) is 0 Å². The van der Waals surface area contributed by atoms with E-state index in [9.17, 15) is 9.59 Å². The van der Waals surface area contributed by atoms with E-state index in [0.717, 1.165) is 17.7 Å². The van der Waals surface area contributed by atoms with Gasteiger partial charge in [-0.05, 0) is 44.4 Å². The lowest BCUT2D eigenvalue weighted by atomic mass is 9.84. The van der Waals surface area contributed by atoms with Crippen LogP contribution in [-0.4, -0.2) is 40.3 Å². The molecule has 1 aliphatic carbocycles. The van der Waals surface area contributed by atoms with Crippen molar-refractivity contribution in [1.82, 2.24) is 14.5 Å². The number of rotatable bonds is 3. The van der Waals surface area contributed by atoms with Gasteiger partial charge in [0.1, 0.15) is 5.82 Å². The van der Waals surface area contributed by atoms with E-state index in [4.69, 9.17) is 9.26 Å². The normalized spacial score (nSPS) is 22.8. The maximum atomic E-state index is 11.8. The average Bonchev–Trinajstić information content (AvgIpc) is 2.75. The summed E-state index contributed by atoms with van der Waals surface area (Å²) in [6.45, 7) is 3.83. The van der Waals surface area contributed by atoms with Gasteiger partial charge in [-0.2, -0.15) is 4.98 Å². The van der Waals surface area contributed by atoms with Gasteiger partial charge in [-0.1, -0.05) is 0 Å². The number of nitrogens with one attached hydrogen (secondary N) is 1. The van der Waals surface area contributed by atoms with Crippen LogP contribution >= 0.6 is 0 Å². The zero-order valence-electron chi connectivity index (χ0n) is 14.1. The van der Waals surface area contributed by atoms with Crippen molar-refractivity contribution in [1.29, 1.82) is 0 Å². The van der Waals surface area contributed by atoms with E-state index >= 15 is 0 Å². The third-order valence-electron chi connectivity index (χ3n) is 4.99. The van der Waals surface area contributed by atoms with Gasteiger partial charge in [0.15, 0.2) is 5.82 Å². The molecule has 2 aromatic heterocycles. The van der Waals surface area contributed by atoms with Crippen LogP contribution in [0.15, 0.2) is 15.4 Å². The molecule has 2 aromatic rings. The molecule has 1 N–H and O–H groups in total. The van der Waals surface area contributed by atoms with Crippen molar-refractivity contribution < 1.29 is 14.1 Å². The first-order valence-corrected chi connectivity index (χ1v) is 8.72. The van der Waals surface area contributed by atoms with E-state index in [0.29, 0.717) is 17.7 Å². The van der Waals surface area contributed by atoms with Gasteiger partial charge in [0.25, 0.3) is 5.78 Å². The minimum Gasteiger partial charge on any atom is -0.450 e. The number of carbonyl (C=O) groups excluding carboxylic acids is 1. The van der Waals surface area contributed by atoms with Crippen LogP contribution in [0.2, 0.25) is 0 Å². The van der Waals surface area contributed by atoms with Crippen LogP contribution in [0.5, 0.6) is 0 Å². The molecule has 9 nitrogen and oxygen atoms in total. The van der Waals surface area contributed by atoms with Crippen molar-refractivity contribution in [3.05, 3.63) is 16.6 Å². The molecule has 4 heterocycles. The lowest BCUT2D eigenvalue weighted by Crippen LogP contribution is -2.29.